The topological polar surface area (TPSA) is 83.2 Å². The van der Waals surface area contributed by atoms with Crippen molar-refractivity contribution in [3.63, 3.8) is 0 Å². The van der Waals surface area contributed by atoms with E-state index in [0.717, 1.165) is 18.6 Å². The van der Waals surface area contributed by atoms with Crippen molar-refractivity contribution in [3.05, 3.63) is 54.0 Å². The van der Waals surface area contributed by atoms with E-state index in [1.807, 2.05) is 26.0 Å². The smallest absolute Gasteiger partial charge is 0.320 e. The summed E-state index contributed by atoms with van der Waals surface area (Å²) >= 11 is 0. The summed E-state index contributed by atoms with van der Waals surface area (Å²) in [4.78, 5) is 27.2. The number of carboxylic acids is 1. The summed E-state index contributed by atoms with van der Waals surface area (Å²) < 4.78 is 29.4. The van der Waals surface area contributed by atoms with Gasteiger partial charge >= 0.3 is 12.0 Å². The minimum absolute atomic E-state index is 0.128. The van der Waals surface area contributed by atoms with E-state index in [-0.39, 0.29) is 24.4 Å². The number of ether oxygens (including phenoxy) is 1. The van der Waals surface area contributed by atoms with Crippen LogP contribution in [-0.4, -0.2) is 52.6 Å². The normalized spacial score (nSPS) is 15.8. The molecule has 3 rings (SSSR count). The van der Waals surface area contributed by atoms with Crippen LogP contribution in [-0.2, 0) is 11.3 Å². The predicted octanol–water partition coefficient (Wildman–Crippen LogP) is 5.51. The average Bonchev–Trinajstić information content (AvgIpc) is 3.36. The first-order valence-electron chi connectivity index (χ1n) is 12.8. The molecule has 2 aromatic rings. The molecule has 1 aliphatic heterocycles. The molecule has 0 radical (unpaired) electrons. The molecule has 7 heteroatoms. The van der Waals surface area contributed by atoms with Crippen molar-refractivity contribution in [2.24, 2.45) is 0 Å². The number of carbonyl (C=O) groups excluding carboxylic acids is 1. The van der Waals surface area contributed by atoms with E-state index in [2.05, 4.69) is 0 Å². The summed E-state index contributed by atoms with van der Waals surface area (Å²) in [6.45, 7) is 2.98. The van der Waals surface area contributed by atoms with Crippen molar-refractivity contribution in [2.45, 2.75) is 70.8 Å². The minimum Gasteiger partial charge on any atom is -0.493 e. The number of para-hydroxylation sites is 1. The van der Waals surface area contributed by atoms with Gasteiger partial charge in [-0.1, -0.05) is 18.2 Å². The Morgan fingerprint density at radius 1 is 1.18 bits per heavy atom. The van der Waals surface area contributed by atoms with Gasteiger partial charge in [0.05, 0.1) is 22.1 Å². The zero-order valence-corrected chi connectivity index (χ0v) is 19.5. The van der Waals surface area contributed by atoms with Gasteiger partial charge in [0.1, 0.15) is 11.5 Å². The first-order valence-corrected chi connectivity index (χ1v) is 11.8. The number of hydrogen-bond acceptors (Lipinski definition) is 4. The second-order valence-corrected chi connectivity index (χ2v) is 8.68. The number of hydrogen-bond donors (Lipinski definition) is 1. The molecule has 1 aromatic heterocycles. The van der Waals surface area contributed by atoms with Crippen molar-refractivity contribution >= 4 is 12.0 Å². The molecule has 0 atom stereocenters. The maximum absolute atomic E-state index is 13.6. The summed E-state index contributed by atoms with van der Waals surface area (Å²) in [5.74, 6) is 0.781. The number of amides is 2. The molecule has 7 nitrogen and oxygen atoms in total. The van der Waals surface area contributed by atoms with Gasteiger partial charge in [0.25, 0.3) is 0 Å². The summed E-state index contributed by atoms with van der Waals surface area (Å²) in [6, 6.07) is 10.0. The lowest BCUT2D eigenvalue weighted by molar-refractivity contribution is -0.137. The largest absolute Gasteiger partial charge is 0.493 e. The molecule has 180 valence electrons. The molecule has 2 amide bonds. The van der Waals surface area contributed by atoms with Crippen LogP contribution in [0.2, 0.25) is 0 Å². The maximum Gasteiger partial charge on any atom is 0.320 e. The molecule has 1 aliphatic rings. The number of rotatable bonds is 11. The van der Waals surface area contributed by atoms with Gasteiger partial charge in [0.2, 0.25) is 0 Å². The summed E-state index contributed by atoms with van der Waals surface area (Å²) in [7, 11) is 0. The summed E-state index contributed by atoms with van der Waals surface area (Å²) in [5.41, 5.74) is 0.304. The predicted molar refractivity (Wildman–Crippen MR) is 126 cm³/mol. The zero-order valence-electron chi connectivity index (χ0n) is 21.5. The minimum atomic E-state index is -2.08. The number of piperidine rings is 1. The monoisotopic (exact) mass is 458 g/mol. The Kier molecular flexibility index (Phi) is 8.17. The third-order valence-electron chi connectivity index (χ3n) is 5.85. The van der Waals surface area contributed by atoms with Gasteiger partial charge in [-0.15, -0.1) is 0 Å². The molecular weight excluding hydrogens is 420 g/mol. The Hall–Kier alpha value is -2.96. The van der Waals surface area contributed by atoms with Crippen molar-refractivity contribution in [1.82, 2.24) is 9.80 Å². The summed E-state index contributed by atoms with van der Waals surface area (Å²) in [6.07, 6.45) is 5.30. The van der Waals surface area contributed by atoms with Crippen LogP contribution in [0.15, 0.2) is 47.1 Å². The van der Waals surface area contributed by atoms with E-state index in [1.165, 1.54) is 4.90 Å². The van der Waals surface area contributed by atoms with E-state index < -0.39 is 12.5 Å². The number of urea groups is 1. The number of nitrogens with zero attached hydrogens (tertiary/aromatic N) is 2. The van der Waals surface area contributed by atoms with Crippen LogP contribution in [0.3, 0.4) is 0 Å². The first-order chi connectivity index (χ1) is 16.7. The lowest BCUT2D eigenvalue weighted by Gasteiger charge is -2.37. The summed E-state index contributed by atoms with van der Waals surface area (Å²) in [5, 5.41) is 8.75. The van der Waals surface area contributed by atoms with Crippen LogP contribution >= 0.6 is 0 Å². The van der Waals surface area contributed by atoms with E-state index in [4.69, 9.17) is 17.0 Å². The molecule has 1 saturated heterocycles. The highest BCUT2D eigenvalue weighted by atomic mass is 16.5. The molecule has 0 unspecified atom stereocenters. The average molecular weight is 459 g/mol. The van der Waals surface area contributed by atoms with Gasteiger partial charge in [-0.2, -0.15) is 0 Å². The third-order valence-corrected chi connectivity index (χ3v) is 5.85. The molecule has 1 fully saturated rings. The Morgan fingerprint density at radius 3 is 2.61 bits per heavy atom. The fourth-order valence-electron chi connectivity index (χ4n) is 3.98. The maximum atomic E-state index is 13.6. The van der Waals surface area contributed by atoms with Crippen molar-refractivity contribution in [1.29, 1.82) is 0 Å². The molecule has 0 spiro atoms. The van der Waals surface area contributed by atoms with E-state index >= 15 is 0 Å². The highest BCUT2D eigenvalue weighted by molar-refractivity contribution is 5.75. The number of carboxylic acid groups (broad SMARTS) is 1. The van der Waals surface area contributed by atoms with Crippen LogP contribution in [0, 0.1) is 0 Å². The van der Waals surface area contributed by atoms with E-state index in [0.29, 0.717) is 50.3 Å². The second-order valence-electron chi connectivity index (χ2n) is 8.68. The lowest BCUT2D eigenvalue weighted by Crippen LogP contribution is -2.48. The number of carbonyl (C=O) groups is 2. The molecule has 1 N–H and O–H groups in total. The number of furan rings is 1. The molecular formula is C26H36N2O5. The van der Waals surface area contributed by atoms with Gasteiger partial charge in [-0.05, 0) is 64.2 Å². The van der Waals surface area contributed by atoms with Gasteiger partial charge in [0.15, 0.2) is 0 Å². The lowest BCUT2D eigenvalue weighted by atomic mass is 9.94. The fraction of sp³-hybridized carbons (Fsp3) is 0.538. The number of likely N-dealkylation sites (tertiary alicyclic amines) is 1. The van der Waals surface area contributed by atoms with Crippen molar-refractivity contribution in [3.8, 4) is 5.75 Å². The Balaban J connectivity index is 1.68. The highest BCUT2D eigenvalue weighted by Crippen LogP contribution is 2.29. The van der Waals surface area contributed by atoms with E-state index in [1.54, 1.807) is 35.4 Å². The van der Waals surface area contributed by atoms with Crippen molar-refractivity contribution in [2.75, 3.05) is 19.7 Å². The number of benzene rings is 1. The SMILES string of the molecule is [2H]C([2H])(c1ccccc1OCCCCCC(=O)O)N(C(=O)N1CCC(c2ccco2)CC1)C(C)C. The molecule has 0 bridgehead atoms. The van der Waals surface area contributed by atoms with Crippen LogP contribution in [0.5, 0.6) is 5.75 Å². The molecule has 0 saturated carbocycles. The van der Waals surface area contributed by atoms with Gasteiger partial charge < -0.3 is 24.1 Å². The molecule has 1 aromatic carbocycles. The highest BCUT2D eigenvalue weighted by Gasteiger charge is 2.29. The molecule has 2 heterocycles. The first kappa shape index (κ1) is 21.9. The third kappa shape index (κ3) is 7.27. The van der Waals surface area contributed by atoms with Gasteiger partial charge in [0, 0.05) is 37.0 Å². The number of aliphatic carboxylic acids is 1. The molecule has 33 heavy (non-hydrogen) atoms. The van der Waals surface area contributed by atoms with Crippen molar-refractivity contribution < 1.29 is 26.6 Å². The fourth-order valence-corrected chi connectivity index (χ4v) is 3.98. The Labute approximate surface area is 199 Å². The van der Waals surface area contributed by atoms with Crippen LogP contribution in [0.4, 0.5) is 4.79 Å². The second kappa shape index (κ2) is 12.3. The zero-order chi connectivity index (χ0) is 25.4. The van der Waals surface area contributed by atoms with E-state index in [9.17, 15) is 9.59 Å². The Bertz CT molecular complexity index is 956. The Morgan fingerprint density at radius 2 is 1.94 bits per heavy atom. The van der Waals surface area contributed by atoms with Crippen LogP contribution in [0.1, 0.15) is 72.4 Å². The van der Waals surface area contributed by atoms with Crippen LogP contribution in [0.25, 0.3) is 0 Å². The molecule has 0 aliphatic carbocycles. The van der Waals surface area contributed by atoms with Gasteiger partial charge in [-0.3, -0.25) is 4.79 Å². The van der Waals surface area contributed by atoms with Gasteiger partial charge in [-0.25, -0.2) is 4.79 Å². The quantitative estimate of drug-likeness (QED) is 0.449. The number of unbranched alkanes of at least 4 members (excludes halogenated alkanes) is 2. The van der Waals surface area contributed by atoms with Crippen LogP contribution < -0.4 is 4.74 Å². The standard InChI is InChI=1S/C26H36N2O5/c1-20(2)28(26(31)27-15-13-21(14-16-27)23-11-8-18-33-23)19-22-9-5-6-10-24(22)32-17-7-3-4-12-25(29)30/h5-6,8-11,18,20-21H,3-4,7,12-17,19H2,1-2H3,(H,29,30)/i19D2.